The molecular weight excluding hydrogens is 264 g/mol. The minimum absolute atomic E-state index is 0.0462. The molecule has 0 N–H and O–H groups in total. The van der Waals surface area contributed by atoms with Gasteiger partial charge in [-0.1, -0.05) is 30.3 Å². The predicted molar refractivity (Wildman–Crippen MR) is 51.2 cm³/mol. The van der Waals surface area contributed by atoms with Gasteiger partial charge in [0.2, 0.25) is 0 Å². The predicted octanol–water partition coefficient (Wildman–Crippen LogP) is 2.56. The van der Waals surface area contributed by atoms with E-state index >= 15 is 0 Å². The smallest absolute Gasteiger partial charge is 0.260 e. The van der Waals surface area contributed by atoms with Gasteiger partial charge in [-0.25, -0.2) is 4.39 Å². The molecule has 0 saturated carbocycles. The lowest BCUT2D eigenvalue weighted by atomic mass is 10.1. The minimum atomic E-state index is -5.74. The molecular formula is C9H8F4O3S. The van der Waals surface area contributed by atoms with Crippen molar-refractivity contribution < 1.29 is 30.2 Å². The summed E-state index contributed by atoms with van der Waals surface area (Å²) in [5.41, 5.74) is -5.49. The highest BCUT2D eigenvalue weighted by molar-refractivity contribution is 7.87. The van der Waals surface area contributed by atoms with Crippen LogP contribution in [-0.2, 0) is 14.3 Å². The van der Waals surface area contributed by atoms with Crippen molar-refractivity contribution in [2.24, 2.45) is 0 Å². The quantitative estimate of drug-likeness (QED) is 0.480. The summed E-state index contributed by atoms with van der Waals surface area (Å²) in [5, 5.41) is 0. The van der Waals surface area contributed by atoms with E-state index in [1.54, 1.807) is 6.07 Å². The number of rotatable bonds is 4. The third kappa shape index (κ3) is 3.67. The molecule has 1 rings (SSSR count). The minimum Gasteiger partial charge on any atom is -0.260 e. The van der Waals surface area contributed by atoms with Crippen LogP contribution in [0.3, 0.4) is 0 Å². The van der Waals surface area contributed by atoms with Crippen LogP contribution in [0.25, 0.3) is 0 Å². The first-order valence-corrected chi connectivity index (χ1v) is 5.79. The molecule has 0 aliphatic carbocycles. The average molecular weight is 272 g/mol. The van der Waals surface area contributed by atoms with Crippen LogP contribution in [0.1, 0.15) is 11.7 Å². The fourth-order valence-corrected chi connectivity index (χ4v) is 1.41. The molecule has 8 heteroatoms. The summed E-state index contributed by atoms with van der Waals surface area (Å²) in [6.45, 7) is -1.20. The van der Waals surface area contributed by atoms with Gasteiger partial charge >= 0.3 is 15.6 Å². The molecule has 17 heavy (non-hydrogen) atoms. The van der Waals surface area contributed by atoms with E-state index in [1.807, 2.05) is 0 Å². The molecule has 0 saturated heterocycles. The Hall–Kier alpha value is -1.15. The third-order valence-electron chi connectivity index (χ3n) is 1.81. The van der Waals surface area contributed by atoms with E-state index in [0.717, 1.165) is 0 Å². The molecule has 0 aliphatic rings. The maximum absolute atomic E-state index is 13.3. The maximum Gasteiger partial charge on any atom is 0.523 e. The van der Waals surface area contributed by atoms with Gasteiger partial charge in [0.15, 0.2) is 0 Å². The zero-order valence-electron chi connectivity index (χ0n) is 8.32. The molecule has 3 nitrogen and oxygen atoms in total. The van der Waals surface area contributed by atoms with Crippen LogP contribution in [0.4, 0.5) is 17.6 Å². The molecule has 0 amide bonds. The molecule has 0 aliphatic heterocycles. The van der Waals surface area contributed by atoms with E-state index in [-0.39, 0.29) is 5.56 Å². The largest absolute Gasteiger partial charge is 0.523 e. The summed E-state index contributed by atoms with van der Waals surface area (Å²) in [6.07, 6.45) is -1.94. The van der Waals surface area contributed by atoms with Crippen LogP contribution >= 0.6 is 0 Å². The number of halogens is 4. The van der Waals surface area contributed by atoms with Gasteiger partial charge in [0.25, 0.3) is 0 Å². The molecule has 0 heterocycles. The first-order valence-electron chi connectivity index (χ1n) is 4.39. The molecule has 0 aromatic heterocycles. The Kier molecular flexibility index (Phi) is 4.10. The van der Waals surface area contributed by atoms with Gasteiger partial charge in [-0.2, -0.15) is 21.6 Å². The standard InChI is InChI=1S/C9H8F4O3S/c10-8(7-4-2-1-3-5-7)6-16-17(14,15)9(11,12)13/h1-5,8H,6H2. The van der Waals surface area contributed by atoms with Crippen LogP contribution in [0.5, 0.6) is 0 Å². The van der Waals surface area contributed by atoms with Crippen LogP contribution in [0.15, 0.2) is 30.3 Å². The van der Waals surface area contributed by atoms with E-state index in [0.29, 0.717) is 0 Å². The van der Waals surface area contributed by atoms with Gasteiger partial charge in [-0.3, -0.25) is 4.18 Å². The number of hydrogen-bond donors (Lipinski definition) is 0. The van der Waals surface area contributed by atoms with E-state index in [4.69, 9.17) is 0 Å². The molecule has 0 radical (unpaired) electrons. The Balaban J connectivity index is 2.64. The van der Waals surface area contributed by atoms with Gasteiger partial charge in [0.05, 0.1) is 0 Å². The normalized spacial score (nSPS) is 14.6. The lowest BCUT2D eigenvalue weighted by Crippen LogP contribution is -2.26. The zero-order chi connectivity index (χ0) is 13.1. The van der Waals surface area contributed by atoms with Gasteiger partial charge in [0.1, 0.15) is 12.8 Å². The van der Waals surface area contributed by atoms with Gasteiger partial charge < -0.3 is 0 Å². The number of alkyl halides is 4. The fourth-order valence-electron chi connectivity index (χ4n) is 0.974. The van der Waals surface area contributed by atoms with Crippen molar-refractivity contribution >= 4 is 10.1 Å². The number of benzene rings is 1. The van der Waals surface area contributed by atoms with Crippen LogP contribution in [-0.4, -0.2) is 20.5 Å². The molecule has 0 spiro atoms. The van der Waals surface area contributed by atoms with Crippen LogP contribution in [0, 0.1) is 0 Å². The lowest BCUT2D eigenvalue weighted by Gasteiger charge is -2.11. The van der Waals surface area contributed by atoms with Gasteiger partial charge in [-0.15, -0.1) is 0 Å². The first-order chi connectivity index (χ1) is 7.74. The maximum atomic E-state index is 13.3. The zero-order valence-corrected chi connectivity index (χ0v) is 9.13. The molecule has 1 aromatic rings. The highest BCUT2D eigenvalue weighted by Gasteiger charge is 2.47. The summed E-state index contributed by atoms with van der Waals surface area (Å²) < 4.78 is 73.4. The summed E-state index contributed by atoms with van der Waals surface area (Å²) >= 11 is 0. The van der Waals surface area contributed by atoms with Crippen molar-refractivity contribution in [3.63, 3.8) is 0 Å². The molecule has 0 bridgehead atoms. The van der Waals surface area contributed by atoms with E-state index in [2.05, 4.69) is 4.18 Å². The Labute approximate surface area is 95.1 Å². The van der Waals surface area contributed by atoms with Crippen molar-refractivity contribution in [2.75, 3.05) is 6.61 Å². The topological polar surface area (TPSA) is 43.4 Å². The monoisotopic (exact) mass is 272 g/mol. The third-order valence-corrected chi connectivity index (χ3v) is 2.83. The molecule has 96 valence electrons. The highest BCUT2D eigenvalue weighted by atomic mass is 32.2. The van der Waals surface area contributed by atoms with Crippen LogP contribution in [0.2, 0.25) is 0 Å². The summed E-state index contributed by atoms with van der Waals surface area (Å²) in [4.78, 5) is 0. The summed E-state index contributed by atoms with van der Waals surface area (Å²) in [6, 6.07) is 7.16. The van der Waals surface area contributed by atoms with Crippen molar-refractivity contribution in [2.45, 2.75) is 11.7 Å². The van der Waals surface area contributed by atoms with E-state index < -0.39 is 28.4 Å². The van der Waals surface area contributed by atoms with Crippen molar-refractivity contribution in [1.82, 2.24) is 0 Å². The van der Waals surface area contributed by atoms with Crippen molar-refractivity contribution in [3.05, 3.63) is 35.9 Å². The van der Waals surface area contributed by atoms with Gasteiger partial charge in [0, 0.05) is 0 Å². The Morgan fingerprint density at radius 3 is 2.18 bits per heavy atom. The lowest BCUT2D eigenvalue weighted by molar-refractivity contribution is -0.0553. The SMILES string of the molecule is O=S(=O)(OCC(F)c1ccccc1)C(F)(F)F. The molecule has 1 aromatic carbocycles. The first kappa shape index (κ1) is 13.9. The Morgan fingerprint density at radius 1 is 1.18 bits per heavy atom. The second kappa shape index (κ2) is 5.01. The van der Waals surface area contributed by atoms with E-state index in [9.17, 15) is 26.0 Å². The summed E-state index contributed by atoms with van der Waals surface area (Å²) in [5.74, 6) is 0. The number of hydrogen-bond acceptors (Lipinski definition) is 3. The summed E-state index contributed by atoms with van der Waals surface area (Å²) in [7, 11) is -5.74. The molecule has 1 atom stereocenters. The molecule has 1 unspecified atom stereocenters. The van der Waals surface area contributed by atoms with Crippen molar-refractivity contribution in [1.29, 1.82) is 0 Å². The van der Waals surface area contributed by atoms with Crippen LogP contribution < -0.4 is 0 Å². The van der Waals surface area contributed by atoms with Crippen molar-refractivity contribution in [3.8, 4) is 0 Å². The second-order valence-electron chi connectivity index (χ2n) is 3.06. The van der Waals surface area contributed by atoms with E-state index in [1.165, 1.54) is 24.3 Å². The van der Waals surface area contributed by atoms with Gasteiger partial charge in [-0.05, 0) is 5.56 Å². The molecule has 0 fully saturated rings. The second-order valence-corrected chi connectivity index (χ2v) is 4.67. The Morgan fingerprint density at radius 2 is 1.71 bits per heavy atom. The highest BCUT2D eigenvalue weighted by Crippen LogP contribution is 2.26. The average Bonchev–Trinajstić information content (AvgIpc) is 2.25. The Bertz CT molecular complexity index is 455. The fraction of sp³-hybridized carbons (Fsp3) is 0.333.